The van der Waals surface area contributed by atoms with Gasteiger partial charge < -0.3 is 87.7 Å². The summed E-state index contributed by atoms with van der Waals surface area (Å²) in [6.07, 6.45) is -2.96. The summed E-state index contributed by atoms with van der Waals surface area (Å²) in [7, 11) is -4.74. The van der Waals surface area contributed by atoms with Crippen LogP contribution in [0.15, 0.2) is 94.7 Å². The SMILES string of the molecule is CC(C)CN(C[C@@H](O)[C@H](Cc1ccc(OCCCC(=O)N(C)C)cc1)NC(=O)O[C@@H]1CO[C@H]2OCC[C@H]21)S(=O)(=O)c1ccc2c(c1)OCO2.CC(C)CN(C[C@@H](O)[C@H](Cc1ccc(OCCCC(=O)O)cc1)NC(=O)O[C@@H]1CO[C@H]2OCC[C@H]21)S(=O)(=O)c1ccc2c(c1)OCO2. The number of amides is 3. The Kier molecular flexibility index (Phi) is 25.7. The molecule has 0 saturated carbocycles. The molecule has 10 atom stereocenters. The van der Waals surface area contributed by atoms with Crippen molar-refractivity contribution in [2.45, 2.75) is 138 Å². The van der Waals surface area contributed by atoms with Crippen molar-refractivity contribution < 1.29 is 108 Å². The number of alkyl carbamates (subject to hydrolysis) is 2. The predicted molar refractivity (Wildman–Crippen MR) is 342 cm³/mol. The molecule has 4 saturated heterocycles. The van der Waals surface area contributed by atoms with Crippen molar-refractivity contribution in [2.24, 2.45) is 23.7 Å². The second-order valence-electron chi connectivity index (χ2n) is 25.3. The summed E-state index contributed by atoms with van der Waals surface area (Å²) >= 11 is 0. The Bertz CT molecular complexity index is 3470. The first-order valence-electron chi connectivity index (χ1n) is 32.3. The van der Waals surface area contributed by atoms with E-state index in [9.17, 15) is 46.2 Å². The van der Waals surface area contributed by atoms with Crippen LogP contribution in [-0.2, 0) is 70.9 Å². The zero-order chi connectivity index (χ0) is 68.7. The minimum absolute atomic E-state index is 0.000950. The Labute approximate surface area is 559 Å². The summed E-state index contributed by atoms with van der Waals surface area (Å²) in [5, 5.41) is 37.6. The molecule has 6 aliphatic rings. The second kappa shape index (κ2) is 33.8. The lowest BCUT2D eigenvalue weighted by atomic mass is 10.0. The maximum absolute atomic E-state index is 13.9. The zero-order valence-electron chi connectivity index (χ0n) is 54.8. The molecule has 0 spiro atoms. The molecule has 4 aromatic rings. The molecule has 6 aliphatic heterocycles. The number of rotatable bonds is 32. The number of carboxylic acids is 1. The molecule has 0 unspecified atom stereocenters. The number of aliphatic hydroxyl groups excluding tert-OH is 2. The van der Waals surface area contributed by atoms with Crippen LogP contribution in [-0.4, -0.2) is 212 Å². The van der Waals surface area contributed by atoms with Crippen molar-refractivity contribution in [3.63, 3.8) is 0 Å². The fourth-order valence-corrected chi connectivity index (χ4v) is 15.0. The molecule has 4 aromatic carbocycles. The lowest BCUT2D eigenvalue weighted by Gasteiger charge is -2.31. The van der Waals surface area contributed by atoms with E-state index >= 15 is 0 Å². The average molecular weight is 1380 g/mol. The first-order chi connectivity index (χ1) is 45.9. The number of carbonyl (C=O) groups is 4. The van der Waals surface area contributed by atoms with Crippen LogP contribution < -0.4 is 39.1 Å². The van der Waals surface area contributed by atoms with Gasteiger partial charge in [0.2, 0.25) is 39.5 Å². The van der Waals surface area contributed by atoms with E-state index in [0.29, 0.717) is 86.4 Å². The van der Waals surface area contributed by atoms with Gasteiger partial charge in [0, 0.05) is 65.2 Å². The standard InChI is InChI=1S/C34H47N3O11S.C32H42N2O12S/c1-22(2)18-37(49(41,42)25-11-12-29-30(17-25)47-21-46-29)19-28(38)27(35-34(40)48-31-20-45-33-26(31)13-15-44-33)16-23-7-9-24(10-8-23)43-14-5-6-32(39)36(3)4;1-20(2)16-34(47(39,40)23-9-10-27-28(15-23)45-19-44-27)17-26(35)25(33-32(38)46-29-18-43-31-24(29)11-13-42-31)14-21-5-7-22(8-6-21)41-12-3-4-30(36)37/h7-12,17,22,26-28,31,33,38H,5-6,13-16,18-21H2,1-4H3,(H,35,40);5-10,15,20,24-26,29,31,35H,3-4,11-14,16-19H2,1-2H3,(H,33,38)(H,36,37)/t26-,27-,28+,31+,33+;24-,25-,26+,29+,31+/m00/s1. The topological polar surface area (TPSA) is 342 Å². The van der Waals surface area contributed by atoms with Crippen LogP contribution in [0.5, 0.6) is 34.5 Å². The van der Waals surface area contributed by atoms with Gasteiger partial charge >= 0.3 is 18.2 Å². The normalized spacial score (nSPS) is 21.2. The van der Waals surface area contributed by atoms with Gasteiger partial charge in [0.05, 0.1) is 85.6 Å². The van der Waals surface area contributed by atoms with Crippen molar-refractivity contribution in [2.75, 3.05) is 93.5 Å². The van der Waals surface area contributed by atoms with E-state index in [2.05, 4.69) is 10.6 Å². The molecule has 30 heteroatoms. The van der Waals surface area contributed by atoms with Crippen molar-refractivity contribution in [1.82, 2.24) is 24.1 Å². The number of aliphatic hydroxyl groups is 2. The number of nitrogens with zero attached hydrogens (tertiary/aromatic N) is 3. The minimum atomic E-state index is -4.09. The van der Waals surface area contributed by atoms with E-state index in [0.717, 1.165) is 11.1 Å². The number of benzene rings is 4. The number of ether oxygens (including phenoxy) is 12. The summed E-state index contributed by atoms with van der Waals surface area (Å²) < 4.78 is 124. The number of fused-ring (bicyclic) bond motifs is 4. The molecule has 528 valence electrons. The molecule has 5 N–H and O–H groups in total. The average Bonchev–Trinajstić information content (AvgIpc) is 1.20. The molecule has 6 heterocycles. The number of carbonyl (C=O) groups excluding carboxylic acids is 3. The lowest BCUT2D eigenvalue weighted by molar-refractivity contribution is -0.137. The molecule has 0 bridgehead atoms. The number of hydrogen-bond acceptors (Lipinski definition) is 22. The van der Waals surface area contributed by atoms with Gasteiger partial charge in [-0.2, -0.15) is 8.61 Å². The number of carboxylic acid groups (broad SMARTS) is 1. The monoisotopic (exact) mass is 1380 g/mol. The molecule has 28 nitrogen and oxygen atoms in total. The molecule has 0 radical (unpaired) electrons. The van der Waals surface area contributed by atoms with Crippen LogP contribution in [0.1, 0.15) is 77.3 Å². The number of aliphatic carboxylic acids is 1. The molecular formula is C66H89N5O23S2. The largest absolute Gasteiger partial charge is 0.494 e. The maximum atomic E-state index is 13.9. The summed E-state index contributed by atoms with van der Waals surface area (Å²) in [4.78, 5) is 50.5. The van der Waals surface area contributed by atoms with Gasteiger partial charge in [-0.3, -0.25) is 9.59 Å². The molecule has 0 aromatic heterocycles. The van der Waals surface area contributed by atoms with Gasteiger partial charge in [-0.25, -0.2) is 26.4 Å². The first-order valence-corrected chi connectivity index (χ1v) is 35.2. The van der Waals surface area contributed by atoms with Crippen LogP contribution in [0.2, 0.25) is 0 Å². The molecule has 96 heavy (non-hydrogen) atoms. The van der Waals surface area contributed by atoms with Gasteiger partial charge in [-0.15, -0.1) is 0 Å². The van der Waals surface area contributed by atoms with Gasteiger partial charge in [0.1, 0.15) is 23.7 Å². The van der Waals surface area contributed by atoms with Crippen LogP contribution in [0, 0.1) is 23.7 Å². The Balaban J connectivity index is 0.000000226. The van der Waals surface area contributed by atoms with Gasteiger partial charge in [0.15, 0.2) is 35.6 Å². The van der Waals surface area contributed by atoms with E-state index in [1.807, 2.05) is 39.8 Å². The molecule has 4 fully saturated rings. The van der Waals surface area contributed by atoms with E-state index in [1.54, 1.807) is 61.5 Å². The van der Waals surface area contributed by atoms with Crippen molar-refractivity contribution in [1.29, 1.82) is 0 Å². The molecule has 10 rings (SSSR count). The third kappa shape index (κ3) is 20.0. The van der Waals surface area contributed by atoms with E-state index in [1.165, 1.54) is 38.9 Å². The van der Waals surface area contributed by atoms with Crippen LogP contribution in [0.4, 0.5) is 9.59 Å². The van der Waals surface area contributed by atoms with E-state index in [-0.39, 0.29) is 118 Å². The van der Waals surface area contributed by atoms with Gasteiger partial charge in [-0.05, 0) is 110 Å². The molecule has 0 aliphatic carbocycles. The minimum Gasteiger partial charge on any atom is -0.494 e. The predicted octanol–water partition coefficient (Wildman–Crippen LogP) is 5.53. The zero-order valence-corrected chi connectivity index (χ0v) is 56.5. The highest BCUT2D eigenvalue weighted by atomic mass is 32.2. The molecule has 3 amide bonds. The number of hydrogen-bond donors (Lipinski definition) is 5. The van der Waals surface area contributed by atoms with Crippen LogP contribution in [0.3, 0.4) is 0 Å². The Hall–Kier alpha value is -7.26. The number of nitrogens with one attached hydrogen (secondary N) is 2. The summed E-state index contributed by atoms with van der Waals surface area (Å²) in [6.45, 7) is 9.19. The van der Waals surface area contributed by atoms with Gasteiger partial charge in [0.25, 0.3) is 0 Å². The van der Waals surface area contributed by atoms with Gasteiger partial charge in [-0.1, -0.05) is 52.0 Å². The van der Waals surface area contributed by atoms with E-state index < -0.39 is 87.3 Å². The summed E-state index contributed by atoms with van der Waals surface area (Å²) in [6, 6.07) is 21.0. The Morgan fingerprint density at radius 2 is 0.958 bits per heavy atom. The number of sulfonamides is 2. The highest BCUT2D eigenvalue weighted by Gasteiger charge is 2.46. The third-order valence-corrected chi connectivity index (χ3v) is 20.4. The summed E-state index contributed by atoms with van der Waals surface area (Å²) in [5.74, 6) is 1.53. The maximum Gasteiger partial charge on any atom is 0.407 e. The second-order valence-corrected chi connectivity index (χ2v) is 29.2. The fourth-order valence-electron chi connectivity index (χ4n) is 11.7. The van der Waals surface area contributed by atoms with Crippen LogP contribution >= 0.6 is 0 Å². The van der Waals surface area contributed by atoms with Crippen molar-refractivity contribution in [3.05, 3.63) is 96.1 Å². The summed E-state index contributed by atoms with van der Waals surface area (Å²) in [5.41, 5.74) is 1.50. The molecular weight excluding hydrogens is 1290 g/mol. The third-order valence-electron chi connectivity index (χ3n) is 16.8. The Morgan fingerprint density at radius 1 is 0.552 bits per heavy atom. The quantitative estimate of drug-likeness (QED) is 0.0375. The highest BCUT2D eigenvalue weighted by molar-refractivity contribution is 7.89. The van der Waals surface area contributed by atoms with Crippen LogP contribution in [0.25, 0.3) is 0 Å². The van der Waals surface area contributed by atoms with Crippen molar-refractivity contribution in [3.8, 4) is 34.5 Å². The first kappa shape index (κ1) is 73.0. The van der Waals surface area contributed by atoms with Crippen molar-refractivity contribution >= 4 is 44.1 Å². The fraction of sp³-hybridized carbons (Fsp3) is 0.576. The smallest absolute Gasteiger partial charge is 0.407 e. The lowest BCUT2D eigenvalue weighted by Crippen LogP contribution is -2.51. The van der Waals surface area contributed by atoms with E-state index in [4.69, 9.17) is 61.9 Å². The highest BCUT2D eigenvalue weighted by Crippen LogP contribution is 2.38. The Morgan fingerprint density at radius 3 is 1.35 bits per heavy atom.